The Morgan fingerprint density at radius 3 is 2.62 bits per heavy atom. The minimum Gasteiger partial charge on any atom is -0.272 e. The van der Waals surface area contributed by atoms with Crippen LogP contribution in [0.5, 0.6) is 0 Å². The average Bonchev–Trinajstić information content (AvgIpc) is 2.82. The molecule has 2 heterocycles. The molecule has 0 bridgehead atoms. The molecular formula is C15H18N6. The molecule has 0 amide bonds. The molecule has 0 saturated carbocycles. The lowest BCUT2D eigenvalue weighted by atomic mass is 10.0. The quantitative estimate of drug-likeness (QED) is 0.558. The van der Waals surface area contributed by atoms with Crippen LogP contribution in [0.15, 0.2) is 36.7 Å². The van der Waals surface area contributed by atoms with Gasteiger partial charge >= 0.3 is 0 Å². The highest BCUT2D eigenvalue weighted by atomic mass is 15.3. The van der Waals surface area contributed by atoms with Crippen LogP contribution < -0.4 is 11.3 Å². The SMILES string of the molecule is Cc1cc(CC(NN)c2ccc3nccnc3c2)n(C)n1. The van der Waals surface area contributed by atoms with Gasteiger partial charge in [0.1, 0.15) is 0 Å². The van der Waals surface area contributed by atoms with E-state index in [1.807, 2.05) is 36.9 Å². The largest absolute Gasteiger partial charge is 0.272 e. The Bertz CT molecular complexity index is 764. The maximum absolute atomic E-state index is 5.74. The number of rotatable bonds is 4. The van der Waals surface area contributed by atoms with Gasteiger partial charge in [-0.2, -0.15) is 5.10 Å². The summed E-state index contributed by atoms with van der Waals surface area (Å²) in [7, 11) is 1.95. The summed E-state index contributed by atoms with van der Waals surface area (Å²) in [6, 6.07) is 8.11. The van der Waals surface area contributed by atoms with Gasteiger partial charge in [-0.3, -0.25) is 25.9 Å². The zero-order chi connectivity index (χ0) is 14.8. The zero-order valence-electron chi connectivity index (χ0n) is 12.1. The van der Waals surface area contributed by atoms with Gasteiger partial charge < -0.3 is 0 Å². The van der Waals surface area contributed by atoms with Crippen LogP contribution in [0.1, 0.15) is 23.0 Å². The number of nitrogens with two attached hydrogens (primary N) is 1. The standard InChI is InChI=1S/C15H18N6/c1-10-7-12(21(2)20-10)9-14(19-16)11-3-4-13-15(8-11)18-6-5-17-13/h3-8,14,19H,9,16H2,1-2H3. The van der Waals surface area contributed by atoms with Gasteiger partial charge in [0, 0.05) is 31.6 Å². The third kappa shape index (κ3) is 2.76. The summed E-state index contributed by atoms with van der Waals surface area (Å²) in [5, 5.41) is 4.37. The van der Waals surface area contributed by atoms with Crippen molar-refractivity contribution in [2.45, 2.75) is 19.4 Å². The van der Waals surface area contributed by atoms with Crippen molar-refractivity contribution in [2.24, 2.45) is 12.9 Å². The van der Waals surface area contributed by atoms with Crippen LogP contribution in [0.3, 0.4) is 0 Å². The summed E-state index contributed by atoms with van der Waals surface area (Å²) in [6.07, 6.45) is 4.15. The summed E-state index contributed by atoms with van der Waals surface area (Å²) >= 11 is 0. The molecule has 1 aromatic carbocycles. The molecule has 21 heavy (non-hydrogen) atoms. The number of aryl methyl sites for hydroxylation is 2. The van der Waals surface area contributed by atoms with Gasteiger partial charge in [-0.25, -0.2) is 0 Å². The third-order valence-electron chi connectivity index (χ3n) is 3.61. The molecule has 0 fully saturated rings. The highest BCUT2D eigenvalue weighted by Crippen LogP contribution is 2.21. The molecule has 2 aromatic heterocycles. The maximum atomic E-state index is 5.74. The van der Waals surface area contributed by atoms with E-state index < -0.39 is 0 Å². The number of aromatic nitrogens is 4. The normalized spacial score (nSPS) is 12.7. The smallest absolute Gasteiger partial charge is 0.0890 e. The van der Waals surface area contributed by atoms with Crippen molar-refractivity contribution < 1.29 is 0 Å². The summed E-state index contributed by atoms with van der Waals surface area (Å²) < 4.78 is 1.89. The average molecular weight is 282 g/mol. The van der Waals surface area contributed by atoms with E-state index in [2.05, 4.69) is 26.6 Å². The number of benzene rings is 1. The second-order valence-corrected chi connectivity index (χ2v) is 5.13. The number of hydrogen-bond donors (Lipinski definition) is 2. The van der Waals surface area contributed by atoms with Crippen LogP contribution in [0, 0.1) is 6.92 Å². The predicted octanol–water partition coefficient (Wildman–Crippen LogP) is 1.42. The first-order chi connectivity index (χ1) is 10.2. The Morgan fingerprint density at radius 2 is 1.95 bits per heavy atom. The Labute approximate surface area is 123 Å². The highest BCUT2D eigenvalue weighted by Gasteiger charge is 2.14. The molecule has 1 unspecified atom stereocenters. The zero-order valence-corrected chi connectivity index (χ0v) is 12.1. The first kappa shape index (κ1) is 13.7. The molecular weight excluding hydrogens is 264 g/mol. The van der Waals surface area contributed by atoms with E-state index in [-0.39, 0.29) is 6.04 Å². The summed E-state index contributed by atoms with van der Waals surface area (Å²) in [5.41, 5.74) is 7.86. The van der Waals surface area contributed by atoms with E-state index in [0.29, 0.717) is 0 Å². The lowest BCUT2D eigenvalue weighted by Gasteiger charge is -2.16. The van der Waals surface area contributed by atoms with Crippen molar-refractivity contribution in [1.82, 2.24) is 25.2 Å². The Hall–Kier alpha value is -2.31. The second kappa shape index (κ2) is 5.59. The molecule has 3 aromatic rings. The molecule has 0 spiro atoms. The van der Waals surface area contributed by atoms with Gasteiger partial charge in [-0.05, 0) is 30.7 Å². The first-order valence-electron chi connectivity index (χ1n) is 6.83. The monoisotopic (exact) mass is 282 g/mol. The molecule has 0 saturated heterocycles. The van der Waals surface area contributed by atoms with E-state index in [1.165, 1.54) is 0 Å². The van der Waals surface area contributed by atoms with Gasteiger partial charge in [-0.15, -0.1) is 0 Å². The molecule has 1 atom stereocenters. The molecule has 0 aliphatic carbocycles. The topological polar surface area (TPSA) is 81.6 Å². The van der Waals surface area contributed by atoms with E-state index >= 15 is 0 Å². The number of fused-ring (bicyclic) bond motifs is 1. The molecule has 108 valence electrons. The van der Waals surface area contributed by atoms with Crippen LogP contribution in [0.25, 0.3) is 11.0 Å². The van der Waals surface area contributed by atoms with Crippen molar-refractivity contribution in [3.05, 3.63) is 53.6 Å². The second-order valence-electron chi connectivity index (χ2n) is 5.13. The van der Waals surface area contributed by atoms with Crippen LogP contribution in [0.4, 0.5) is 0 Å². The molecule has 3 N–H and O–H groups in total. The van der Waals surface area contributed by atoms with Gasteiger partial charge in [0.05, 0.1) is 22.8 Å². The molecule has 0 radical (unpaired) electrons. The molecule has 6 heteroatoms. The van der Waals surface area contributed by atoms with Gasteiger partial charge in [0.25, 0.3) is 0 Å². The molecule has 0 aliphatic rings. The summed E-state index contributed by atoms with van der Waals surface area (Å²) in [6.45, 7) is 1.99. The van der Waals surface area contributed by atoms with E-state index in [4.69, 9.17) is 5.84 Å². The lowest BCUT2D eigenvalue weighted by Crippen LogP contribution is -2.30. The van der Waals surface area contributed by atoms with Crippen molar-refractivity contribution >= 4 is 11.0 Å². The van der Waals surface area contributed by atoms with Gasteiger partial charge in [0.2, 0.25) is 0 Å². The summed E-state index contributed by atoms with van der Waals surface area (Å²) in [5.74, 6) is 5.74. The Kier molecular flexibility index (Phi) is 3.64. The van der Waals surface area contributed by atoms with Crippen LogP contribution in [-0.4, -0.2) is 19.7 Å². The van der Waals surface area contributed by atoms with Gasteiger partial charge in [-0.1, -0.05) is 6.07 Å². The van der Waals surface area contributed by atoms with Crippen LogP contribution in [0.2, 0.25) is 0 Å². The molecule has 3 rings (SSSR count). The third-order valence-corrected chi connectivity index (χ3v) is 3.61. The predicted molar refractivity (Wildman–Crippen MR) is 81.3 cm³/mol. The number of nitrogens with one attached hydrogen (secondary N) is 1. The fraction of sp³-hybridized carbons (Fsp3) is 0.267. The summed E-state index contributed by atoms with van der Waals surface area (Å²) in [4.78, 5) is 8.62. The number of hydrogen-bond acceptors (Lipinski definition) is 5. The number of nitrogens with zero attached hydrogens (tertiary/aromatic N) is 4. The van der Waals surface area contributed by atoms with E-state index in [1.54, 1.807) is 12.4 Å². The molecule has 6 nitrogen and oxygen atoms in total. The lowest BCUT2D eigenvalue weighted by molar-refractivity contribution is 0.530. The van der Waals surface area contributed by atoms with Crippen molar-refractivity contribution in [1.29, 1.82) is 0 Å². The van der Waals surface area contributed by atoms with E-state index in [9.17, 15) is 0 Å². The minimum atomic E-state index is 0.00575. The fourth-order valence-electron chi connectivity index (χ4n) is 2.53. The molecule has 0 aliphatic heterocycles. The van der Waals surface area contributed by atoms with Crippen molar-refractivity contribution in [3.8, 4) is 0 Å². The Balaban J connectivity index is 1.92. The highest BCUT2D eigenvalue weighted by molar-refractivity contribution is 5.74. The number of hydrazine groups is 1. The first-order valence-corrected chi connectivity index (χ1v) is 6.83. The Morgan fingerprint density at radius 1 is 1.19 bits per heavy atom. The van der Waals surface area contributed by atoms with Crippen LogP contribution in [-0.2, 0) is 13.5 Å². The van der Waals surface area contributed by atoms with E-state index in [0.717, 1.165) is 34.4 Å². The van der Waals surface area contributed by atoms with Crippen molar-refractivity contribution in [3.63, 3.8) is 0 Å². The van der Waals surface area contributed by atoms with Gasteiger partial charge in [0.15, 0.2) is 0 Å². The minimum absolute atomic E-state index is 0.00575. The fourth-order valence-corrected chi connectivity index (χ4v) is 2.53. The maximum Gasteiger partial charge on any atom is 0.0890 e. The van der Waals surface area contributed by atoms with Crippen LogP contribution >= 0.6 is 0 Å². The van der Waals surface area contributed by atoms with Crippen molar-refractivity contribution in [2.75, 3.05) is 0 Å².